The molecular weight excluding hydrogens is 318 g/mol. The van der Waals surface area contributed by atoms with E-state index in [9.17, 15) is 21.6 Å². The first kappa shape index (κ1) is 17.6. The summed E-state index contributed by atoms with van der Waals surface area (Å²) >= 11 is 0. The van der Waals surface area contributed by atoms with Gasteiger partial charge in [0.05, 0.1) is 17.1 Å². The topological polar surface area (TPSA) is 118 Å². The minimum absolute atomic E-state index is 0.124. The quantitative estimate of drug-likeness (QED) is 0.684. The maximum Gasteiger partial charge on any atom is 0.335 e. The highest BCUT2D eigenvalue weighted by molar-refractivity contribution is 7.93. The van der Waals surface area contributed by atoms with Crippen molar-refractivity contribution < 1.29 is 26.7 Å². The molecule has 0 aliphatic rings. The van der Waals surface area contributed by atoms with Gasteiger partial charge in [-0.25, -0.2) is 26.4 Å². The van der Waals surface area contributed by atoms with E-state index in [4.69, 9.17) is 5.11 Å². The van der Waals surface area contributed by atoms with Gasteiger partial charge in [-0.3, -0.25) is 0 Å². The van der Waals surface area contributed by atoms with E-state index in [1.807, 2.05) is 0 Å². The lowest BCUT2D eigenvalue weighted by molar-refractivity contribution is 0.0697. The van der Waals surface area contributed by atoms with Crippen LogP contribution in [0.15, 0.2) is 24.3 Å². The number of hydrogen-bond donors (Lipinski definition) is 2. The average Bonchev–Trinajstić information content (AvgIpc) is 2.36. The molecule has 0 radical (unpaired) electrons. The summed E-state index contributed by atoms with van der Waals surface area (Å²) in [5, 5.41) is 8.74. The first-order valence-corrected chi connectivity index (χ1v) is 9.78. The van der Waals surface area contributed by atoms with Crippen molar-refractivity contribution in [3.8, 4) is 0 Å². The highest BCUT2D eigenvalue weighted by Gasteiger charge is 2.13. The van der Waals surface area contributed by atoms with Crippen molar-refractivity contribution in [2.24, 2.45) is 0 Å². The number of sulfonamides is 1. The molecule has 21 heavy (non-hydrogen) atoms. The van der Waals surface area contributed by atoms with E-state index in [-0.39, 0.29) is 12.1 Å². The third kappa shape index (κ3) is 7.21. The van der Waals surface area contributed by atoms with Gasteiger partial charge in [-0.15, -0.1) is 0 Å². The van der Waals surface area contributed by atoms with E-state index in [1.54, 1.807) is 12.1 Å². The first-order chi connectivity index (χ1) is 9.59. The number of carbonyl (C=O) groups is 1. The Kier molecular flexibility index (Phi) is 5.87. The van der Waals surface area contributed by atoms with E-state index >= 15 is 0 Å². The van der Waals surface area contributed by atoms with Crippen molar-refractivity contribution in [2.75, 3.05) is 24.3 Å². The molecule has 1 aromatic carbocycles. The standard InChI is InChI=1S/C12H17NO6S2/c1-20(16,17)8-9-21(18,19)13-7-6-10-2-4-11(5-3-10)12(14)15/h2-5,13H,6-9H2,1H3,(H,14,15). The van der Waals surface area contributed by atoms with Crippen LogP contribution in [-0.4, -0.2) is 52.2 Å². The molecule has 0 saturated heterocycles. The van der Waals surface area contributed by atoms with Gasteiger partial charge in [0.15, 0.2) is 0 Å². The van der Waals surface area contributed by atoms with Crippen LogP contribution in [0.5, 0.6) is 0 Å². The monoisotopic (exact) mass is 335 g/mol. The fraction of sp³-hybridized carbons (Fsp3) is 0.417. The molecule has 0 spiro atoms. The largest absolute Gasteiger partial charge is 0.478 e. The minimum Gasteiger partial charge on any atom is -0.478 e. The lowest BCUT2D eigenvalue weighted by Crippen LogP contribution is -2.31. The number of hydrogen-bond acceptors (Lipinski definition) is 5. The van der Waals surface area contributed by atoms with Gasteiger partial charge in [0, 0.05) is 12.8 Å². The SMILES string of the molecule is CS(=O)(=O)CCS(=O)(=O)NCCc1ccc(C(=O)O)cc1. The van der Waals surface area contributed by atoms with E-state index in [0.717, 1.165) is 11.8 Å². The van der Waals surface area contributed by atoms with E-state index in [1.165, 1.54) is 12.1 Å². The van der Waals surface area contributed by atoms with Gasteiger partial charge < -0.3 is 5.11 Å². The number of nitrogens with one attached hydrogen (secondary N) is 1. The summed E-state index contributed by atoms with van der Waals surface area (Å²) in [6.45, 7) is 0.124. The zero-order valence-corrected chi connectivity index (χ0v) is 13.1. The Balaban J connectivity index is 2.47. The van der Waals surface area contributed by atoms with Crippen LogP contribution in [0.2, 0.25) is 0 Å². The molecule has 7 nitrogen and oxygen atoms in total. The van der Waals surface area contributed by atoms with Crippen LogP contribution >= 0.6 is 0 Å². The van der Waals surface area contributed by atoms with E-state index in [2.05, 4.69) is 4.72 Å². The molecule has 0 bridgehead atoms. The van der Waals surface area contributed by atoms with Gasteiger partial charge in [-0.1, -0.05) is 12.1 Å². The highest BCUT2D eigenvalue weighted by Crippen LogP contribution is 2.05. The van der Waals surface area contributed by atoms with Gasteiger partial charge in [-0.05, 0) is 24.1 Å². The van der Waals surface area contributed by atoms with Gasteiger partial charge >= 0.3 is 5.97 Å². The Bertz CT molecular complexity index is 692. The smallest absolute Gasteiger partial charge is 0.335 e. The van der Waals surface area contributed by atoms with Crippen LogP contribution in [0.3, 0.4) is 0 Å². The molecule has 2 N–H and O–H groups in total. The van der Waals surface area contributed by atoms with Gasteiger partial charge in [0.2, 0.25) is 10.0 Å². The van der Waals surface area contributed by atoms with Crippen LogP contribution < -0.4 is 4.72 Å². The molecule has 1 rings (SSSR count). The summed E-state index contributed by atoms with van der Waals surface area (Å²) in [6, 6.07) is 6.09. The Labute approximate surface area is 124 Å². The first-order valence-electron chi connectivity index (χ1n) is 6.06. The molecule has 0 atom stereocenters. The summed E-state index contributed by atoms with van der Waals surface area (Å²) in [6.07, 6.45) is 1.37. The van der Waals surface area contributed by atoms with Crippen molar-refractivity contribution in [3.05, 3.63) is 35.4 Å². The molecule has 118 valence electrons. The van der Waals surface area contributed by atoms with Gasteiger partial charge in [0.25, 0.3) is 0 Å². The molecule has 0 amide bonds. The fourth-order valence-corrected chi connectivity index (χ4v) is 4.14. The zero-order chi connectivity index (χ0) is 16.1. The van der Waals surface area contributed by atoms with Crippen molar-refractivity contribution in [2.45, 2.75) is 6.42 Å². The Morgan fingerprint density at radius 3 is 2.14 bits per heavy atom. The Morgan fingerprint density at radius 1 is 1.10 bits per heavy atom. The molecule has 0 aromatic heterocycles. The Hall–Kier alpha value is -1.45. The molecular formula is C12H17NO6S2. The van der Waals surface area contributed by atoms with Crippen LogP contribution in [-0.2, 0) is 26.3 Å². The number of benzene rings is 1. The lowest BCUT2D eigenvalue weighted by Gasteiger charge is -2.06. The third-order valence-corrected chi connectivity index (χ3v) is 5.25. The maximum atomic E-state index is 11.6. The minimum atomic E-state index is -3.63. The highest BCUT2D eigenvalue weighted by atomic mass is 32.2. The number of carboxylic acids is 1. The number of sulfone groups is 1. The second kappa shape index (κ2) is 7.01. The second-order valence-corrected chi connectivity index (χ2v) is 8.78. The van der Waals surface area contributed by atoms with Gasteiger partial charge in [-0.2, -0.15) is 0 Å². The summed E-state index contributed by atoms with van der Waals surface area (Å²) in [7, 11) is -6.95. The lowest BCUT2D eigenvalue weighted by atomic mass is 10.1. The van der Waals surface area contributed by atoms with Crippen LogP contribution in [0.4, 0.5) is 0 Å². The maximum absolute atomic E-state index is 11.6. The summed E-state index contributed by atoms with van der Waals surface area (Å²) in [4.78, 5) is 10.7. The molecule has 0 aliphatic heterocycles. The number of rotatable bonds is 8. The van der Waals surface area contributed by atoms with Crippen molar-refractivity contribution in [3.63, 3.8) is 0 Å². The average molecular weight is 335 g/mol. The molecule has 0 fully saturated rings. The van der Waals surface area contributed by atoms with Crippen molar-refractivity contribution in [1.82, 2.24) is 4.72 Å². The molecule has 0 heterocycles. The molecule has 0 saturated carbocycles. The second-order valence-electron chi connectivity index (χ2n) is 4.60. The summed E-state index contributed by atoms with van der Waals surface area (Å²) < 4.78 is 47.3. The van der Waals surface area contributed by atoms with Crippen LogP contribution in [0, 0.1) is 0 Å². The van der Waals surface area contributed by atoms with Crippen LogP contribution in [0.25, 0.3) is 0 Å². The molecule has 9 heteroatoms. The van der Waals surface area contributed by atoms with E-state index < -0.39 is 37.3 Å². The van der Waals surface area contributed by atoms with Gasteiger partial charge in [0.1, 0.15) is 9.84 Å². The van der Waals surface area contributed by atoms with Crippen LogP contribution in [0.1, 0.15) is 15.9 Å². The zero-order valence-electron chi connectivity index (χ0n) is 11.4. The van der Waals surface area contributed by atoms with Crippen molar-refractivity contribution >= 4 is 25.8 Å². The number of carboxylic acid groups (broad SMARTS) is 1. The molecule has 1 aromatic rings. The predicted molar refractivity (Wildman–Crippen MR) is 78.6 cm³/mol. The molecule has 0 unspecified atom stereocenters. The fourth-order valence-electron chi connectivity index (χ4n) is 1.50. The van der Waals surface area contributed by atoms with E-state index in [0.29, 0.717) is 6.42 Å². The Morgan fingerprint density at radius 2 is 1.67 bits per heavy atom. The predicted octanol–water partition coefficient (Wildman–Crippen LogP) is -0.109. The van der Waals surface area contributed by atoms with Crippen molar-refractivity contribution in [1.29, 1.82) is 0 Å². The third-order valence-electron chi connectivity index (χ3n) is 2.66. The number of aromatic carboxylic acids is 1. The summed E-state index contributed by atoms with van der Waals surface area (Å²) in [5.74, 6) is -1.91. The molecule has 0 aliphatic carbocycles. The summed E-state index contributed by atoms with van der Waals surface area (Å²) in [5.41, 5.74) is 0.943. The normalized spacial score (nSPS) is 12.2.